The molecule has 1 amide bonds. The first kappa shape index (κ1) is 24.4. The van der Waals surface area contributed by atoms with Crippen LogP contribution >= 0.6 is 0 Å². The quantitative estimate of drug-likeness (QED) is 0.382. The van der Waals surface area contributed by atoms with Gasteiger partial charge in [-0.1, -0.05) is 12.1 Å². The lowest BCUT2D eigenvalue weighted by molar-refractivity contribution is -0.116. The molecule has 0 spiro atoms. The van der Waals surface area contributed by atoms with E-state index in [-0.39, 0.29) is 16.6 Å². The Morgan fingerprint density at radius 1 is 1.06 bits per heavy atom. The van der Waals surface area contributed by atoms with E-state index in [1.54, 1.807) is 43.3 Å². The normalized spacial score (nSPS) is 13.2. The van der Waals surface area contributed by atoms with Crippen LogP contribution in [0, 0.1) is 13.8 Å². The van der Waals surface area contributed by atoms with Gasteiger partial charge in [0.1, 0.15) is 0 Å². The maximum atomic E-state index is 12.7. The maximum Gasteiger partial charge on any atom is 0.340 e. The average Bonchev–Trinajstić information content (AvgIpc) is 3.10. The zero-order chi connectivity index (χ0) is 25.3. The van der Waals surface area contributed by atoms with Gasteiger partial charge in [-0.15, -0.1) is 0 Å². The SMILES string of the molecule is Cc1cc(C(=O)OCC(=O)c2ccc3c(c2)CCC(=O)N3)c(C)n1Cc1ccc(S(N)(=O)=O)cc1. The smallest absolute Gasteiger partial charge is 0.340 e. The number of carbonyl (C=O) groups is 3. The number of nitrogens with two attached hydrogens (primary N) is 1. The third-order valence-electron chi connectivity index (χ3n) is 6.04. The van der Waals surface area contributed by atoms with Crippen molar-refractivity contribution >= 4 is 33.4 Å². The van der Waals surface area contributed by atoms with Crippen molar-refractivity contribution < 1.29 is 27.5 Å². The van der Waals surface area contributed by atoms with Gasteiger partial charge in [-0.3, -0.25) is 9.59 Å². The Morgan fingerprint density at radius 3 is 2.46 bits per heavy atom. The highest BCUT2D eigenvalue weighted by atomic mass is 32.2. The molecular formula is C25H25N3O6S. The second-order valence-electron chi connectivity index (χ2n) is 8.48. The Balaban J connectivity index is 1.43. The Morgan fingerprint density at radius 2 is 1.77 bits per heavy atom. The second-order valence-corrected chi connectivity index (χ2v) is 10.0. The molecule has 9 nitrogen and oxygen atoms in total. The van der Waals surface area contributed by atoms with Crippen LogP contribution in [-0.2, 0) is 32.5 Å². The number of anilines is 1. The number of Topliss-reactive ketones (excluding diaryl/α,β-unsaturated/α-hetero) is 1. The molecule has 0 aliphatic carbocycles. The van der Waals surface area contributed by atoms with Crippen molar-refractivity contribution in [3.63, 3.8) is 0 Å². The van der Waals surface area contributed by atoms with Crippen LogP contribution in [-0.4, -0.2) is 37.3 Å². The Hall–Kier alpha value is -3.76. The highest BCUT2D eigenvalue weighted by molar-refractivity contribution is 7.89. The minimum Gasteiger partial charge on any atom is -0.454 e. The van der Waals surface area contributed by atoms with Gasteiger partial charge in [-0.25, -0.2) is 18.4 Å². The van der Waals surface area contributed by atoms with Crippen LogP contribution in [0.4, 0.5) is 5.69 Å². The summed E-state index contributed by atoms with van der Waals surface area (Å²) in [6.07, 6.45) is 0.921. The first-order chi connectivity index (χ1) is 16.5. The van der Waals surface area contributed by atoms with Gasteiger partial charge in [0, 0.05) is 35.6 Å². The molecule has 35 heavy (non-hydrogen) atoms. The van der Waals surface area contributed by atoms with Crippen molar-refractivity contribution in [3.05, 3.63) is 82.2 Å². The van der Waals surface area contributed by atoms with Crippen LogP contribution in [0.2, 0.25) is 0 Å². The van der Waals surface area contributed by atoms with E-state index in [9.17, 15) is 22.8 Å². The fourth-order valence-corrected chi connectivity index (χ4v) is 4.58. The Labute approximate surface area is 202 Å². The molecule has 0 fully saturated rings. The van der Waals surface area contributed by atoms with Crippen molar-refractivity contribution in [2.24, 2.45) is 5.14 Å². The molecule has 0 saturated carbocycles. The van der Waals surface area contributed by atoms with Gasteiger partial charge >= 0.3 is 5.97 Å². The standard InChI is InChI=1S/C25H25N3O6S/c1-15-11-21(16(2)28(15)13-17-3-7-20(8-4-17)35(26,32)33)25(31)34-14-23(29)19-5-9-22-18(12-19)6-10-24(30)27-22/h3-5,7-9,11-12H,6,10,13-14H2,1-2H3,(H,27,30)(H2,26,32,33). The van der Waals surface area contributed by atoms with E-state index < -0.39 is 22.6 Å². The number of aryl methyl sites for hydroxylation is 2. The number of hydrogen-bond acceptors (Lipinski definition) is 6. The van der Waals surface area contributed by atoms with Crippen molar-refractivity contribution in [1.29, 1.82) is 0 Å². The summed E-state index contributed by atoms with van der Waals surface area (Å²) in [4.78, 5) is 36.9. The first-order valence-electron chi connectivity index (χ1n) is 10.9. The number of ketones is 1. The van der Waals surface area contributed by atoms with Gasteiger partial charge in [0.25, 0.3) is 0 Å². The molecular weight excluding hydrogens is 470 g/mol. The number of ether oxygens (including phenoxy) is 1. The fraction of sp³-hybridized carbons (Fsp3) is 0.240. The van der Waals surface area contributed by atoms with Gasteiger partial charge in [0.05, 0.1) is 10.5 Å². The predicted molar refractivity (Wildman–Crippen MR) is 129 cm³/mol. The van der Waals surface area contributed by atoms with E-state index in [0.29, 0.717) is 41.9 Å². The summed E-state index contributed by atoms with van der Waals surface area (Å²) in [6, 6.07) is 12.9. The Bertz CT molecular complexity index is 1440. The van der Waals surface area contributed by atoms with E-state index in [4.69, 9.17) is 9.88 Å². The van der Waals surface area contributed by atoms with Crippen LogP contribution in [0.25, 0.3) is 0 Å². The number of fused-ring (bicyclic) bond motifs is 1. The highest BCUT2D eigenvalue weighted by Gasteiger charge is 2.20. The number of primary sulfonamides is 1. The monoisotopic (exact) mass is 495 g/mol. The molecule has 1 aliphatic rings. The molecule has 182 valence electrons. The van der Waals surface area contributed by atoms with Crippen molar-refractivity contribution in [1.82, 2.24) is 4.57 Å². The molecule has 0 saturated heterocycles. The highest BCUT2D eigenvalue weighted by Crippen LogP contribution is 2.24. The molecule has 1 aliphatic heterocycles. The molecule has 4 rings (SSSR count). The van der Waals surface area contributed by atoms with Gasteiger partial charge in [-0.05, 0) is 67.8 Å². The number of hydrogen-bond donors (Lipinski definition) is 2. The first-order valence-corrected chi connectivity index (χ1v) is 12.5. The molecule has 0 unspecified atom stereocenters. The van der Waals surface area contributed by atoms with E-state index in [1.807, 2.05) is 11.5 Å². The Kier molecular flexibility index (Phi) is 6.60. The van der Waals surface area contributed by atoms with E-state index in [2.05, 4.69) is 5.32 Å². The molecule has 2 aromatic carbocycles. The maximum absolute atomic E-state index is 12.7. The van der Waals surface area contributed by atoms with Crippen LogP contribution in [0.3, 0.4) is 0 Å². The number of amides is 1. The molecule has 3 N–H and O–H groups in total. The fourth-order valence-electron chi connectivity index (χ4n) is 4.07. The summed E-state index contributed by atoms with van der Waals surface area (Å²) in [6.45, 7) is 3.64. The summed E-state index contributed by atoms with van der Waals surface area (Å²) in [5.41, 5.74) is 4.65. The number of benzene rings is 2. The zero-order valence-electron chi connectivity index (χ0n) is 19.3. The number of rotatable bonds is 7. The summed E-state index contributed by atoms with van der Waals surface area (Å²) in [5.74, 6) is -0.988. The average molecular weight is 496 g/mol. The second kappa shape index (κ2) is 9.47. The number of aromatic nitrogens is 1. The van der Waals surface area contributed by atoms with E-state index >= 15 is 0 Å². The third kappa shape index (κ3) is 5.33. The van der Waals surface area contributed by atoms with Gasteiger partial charge in [0.15, 0.2) is 12.4 Å². The van der Waals surface area contributed by atoms with Gasteiger partial charge in [0.2, 0.25) is 15.9 Å². The molecule has 0 bridgehead atoms. The molecule has 0 radical (unpaired) electrons. The van der Waals surface area contributed by atoms with E-state index in [0.717, 1.165) is 16.8 Å². The zero-order valence-corrected chi connectivity index (χ0v) is 20.1. The lowest BCUT2D eigenvalue weighted by Gasteiger charge is -2.17. The number of carbonyl (C=O) groups excluding carboxylic acids is 3. The van der Waals surface area contributed by atoms with Crippen molar-refractivity contribution in [2.45, 2.75) is 38.1 Å². The third-order valence-corrected chi connectivity index (χ3v) is 6.97. The van der Waals surface area contributed by atoms with Crippen LogP contribution in [0.15, 0.2) is 53.4 Å². The summed E-state index contributed by atoms with van der Waals surface area (Å²) in [5, 5.41) is 7.91. The van der Waals surface area contributed by atoms with Crippen molar-refractivity contribution in [3.8, 4) is 0 Å². The molecule has 1 aromatic heterocycles. The number of esters is 1. The largest absolute Gasteiger partial charge is 0.454 e. The topological polar surface area (TPSA) is 138 Å². The van der Waals surface area contributed by atoms with Gasteiger partial charge < -0.3 is 14.6 Å². The van der Waals surface area contributed by atoms with Crippen LogP contribution in [0.1, 0.15) is 49.7 Å². The van der Waals surface area contributed by atoms with Crippen LogP contribution < -0.4 is 10.5 Å². The molecule has 3 aromatic rings. The molecule has 10 heteroatoms. The lowest BCUT2D eigenvalue weighted by atomic mass is 9.99. The minimum absolute atomic E-state index is 0.0276. The summed E-state index contributed by atoms with van der Waals surface area (Å²) < 4.78 is 30.1. The van der Waals surface area contributed by atoms with Crippen LogP contribution in [0.5, 0.6) is 0 Å². The van der Waals surface area contributed by atoms with Gasteiger partial charge in [-0.2, -0.15) is 0 Å². The lowest BCUT2D eigenvalue weighted by Crippen LogP contribution is -2.20. The summed E-state index contributed by atoms with van der Waals surface area (Å²) in [7, 11) is -3.77. The minimum atomic E-state index is -3.77. The molecule has 2 heterocycles. The predicted octanol–water partition coefficient (Wildman–Crippen LogP) is 2.73. The van der Waals surface area contributed by atoms with Crippen molar-refractivity contribution in [2.75, 3.05) is 11.9 Å². The number of sulfonamides is 1. The summed E-state index contributed by atoms with van der Waals surface area (Å²) >= 11 is 0. The molecule has 0 atom stereocenters. The number of nitrogens with one attached hydrogen (secondary N) is 1. The van der Waals surface area contributed by atoms with E-state index in [1.165, 1.54) is 12.1 Å². The number of nitrogens with zero attached hydrogens (tertiary/aromatic N) is 1.